The maximum Gasteiger partial charge on any atom is 0.223 e. The topological polar surface area (TPSA) is 41.6 Å². The number of nitrogens with zero attached hydrogens (tertiary/aromatic N) is 1. The van der Waals surface area contributed by atoms with Crippen LogP contribution in [0.25, 0.3) is 0 Å². The van der Waals surface area contributed by atoms with Crippen molar-refractivity contribution in [3.8, 4) is 0 Å². The molecule has 1 amide bonds. The van der Waals surface area contributed by atoms with Crippen LogP contribution in [0.4, 0.5) is 0 Å². The van der Waals surface area contributed by atoms with Crippen LogP contribution in [0.3, 0.4) is 0 Å². The zero-order chi connectivity index (χ0) is 12.3. The lowest BCUT2D eigenvalue weighted by Gasteiger charge is -2.39. The summed E-state index contributed by atoms with van der Waals surface area (Å²) in [5.41, 5.74) is 0. The molecule has 98 valence electrons. The number of carbonyl (C=O) groups excluding carboxylic acids is 1. The van der Waals surface area contributed by atoms with Gasteiger partial charge in [0.05, 0.1) is 25.3 Å². The third-order valence-corrected chi connectivity index (χ3v) is 3.88. The Bertz CT molecular complexity index is 254. The van der Waals surface area contributed by atoms with Crippen LogP contribution >= 0.6 is 0 Å². The Morgan fingerprint density at radius 2 is 1.82 bits per heavy atom. The fraction of sp³-hybridized carbons (Fsp3) is 0.923. The highest BCUT2D eigenvalue weighted by Crippen LogP contribution is 2.21. The minimum Gasteiger partial charge on any atom is -0.377 e. The van der Waals surface area contributed by atoms with E-state index in [4.69, 9.17) is 4.74 Å². The van der Waals surface area contributed by atoms with Crippen molar-refractivity contribution in [3.63, 3.8) is 0 Å². The van der Waals surface area contributed by atoms with Crippen molar-refractivity contribution >= 4 is 5.91 Å². The number of hydrogen-bond acceptors (Lipinski definition) is 3. The van der Waals surface area contributed by atoms with E-state index >= 15 is 0 Å². The van der Waals surface area contributed by atoms with Gasteiger partial charge in [0.15, 0.2) is 0 Å². The zero-order valence-electron chi connectivity index (χ0n) is 10.9. The van der Waals surface area contributed by atoms with Gasteiger partial charge in [0, 0.05) is 6.42 Å². The van der Waals surface area contributed by atoms with Gasteiger partial charge in [-0.25, -0.2) is 0 Å². The number of nitrogens with one attached hydrogen (secondary N) is 1. The molecule has 4 heteroatoms. The van der Waals surface area contributed by atoms with E-state index in [2.05, 4.69) is 19.2 Å². The van der Waals surface area contributed by atoms with Crippen LogP contribution in [0.15, 0.2) is 0 Å². The minimum atomic E-state index is 0.230. The Kier molecular flexibility index (Phi) is 4.40. The summed E-state index contributed by atoms with van der Waals surface area (Å²) < 4.78 is 5.46. The van der Waals surface area contributed by atoms with Crippen molar-refractivity contribution in [1.29, 1.82) is 0 Å². The summed E-state index contributed by atoms with van der Waals surface area (Å²) in [6, 6.07) is 0.459. The first-order chi connectivity index (χ1) is 8.18. The Labute approximate surface area is 104 Å². The van der Waals surface area contributed by atoms with Crippen LogP contribution in [-0.4, -0.2) is 49.2 Å². The van der Waals surface area contributed by atoms with Crippen LogP contribution in [-0.2, 0) is 9.53 Å². The highest BCUT2D eigenvalue weighted by molar-refractivity contribution is 5.77. The fourth-order valence-corrected chi connectivity index (χ4v) is 2.93. The molecule has 0 aliphatic carbocycles. The molecule has 0 aromatic heterocycles. The summed E-state index contributed by atoms with van der Waals surface area (Å²) in [7, 11) is 0. The summed E-state index contributed by atoms with van der Waals surface area (Å²) in [5, 5.41) is 3.34. The molecular formula is C13H24N2O2. The smallest absolute Gasteiger partial charge is 0.223 e. The highest BCUT2D eigenvalue weighted by atomic mass is 16.5. The molecule has 0 spiro atoms. The summed E-state index contributed by atoms with van der Waals surface area (Å²) in [5.74, 6) is 0.895. The number of carbonyl (C=O) groups is 1. The molecule has 2 aliphatic rings. The molecule has 0 bridgehead atoms. The third kappa shape index (κ3) is 3.19. The van der Waals surface area contributed by atoms with E-state index < -0.39 is 0 Å². The molecule has 2 fully saturated rings. The normalized spacial score (nSPS) is 31.5. The second kappa shape index (κ2) is 5.83. The van der Waals surface area contributed by atoms with Gasteiger partial charge in [0.25, 0.3) is 0 Å². The monoisotopic (exact) mass is 240 g/mol. The van der Waals surface area contributed by atoms with Gasteiger partial charge < -0.3 is 15.0 Å². The average Bonchev–Trinajstić information content (AvgIpc) is 2.30. The SMILES string of the molecule is C[C@@H]1COC[C@H](C)N1C(=O)CC1CCNCC1. The molecule has 0 unspecified atom stereocenters. The fourth-order valence-electron chi connectivity index (χ4n) is 2.93. The standard InChI is InChI=1S/C13H24N2O2/c1-10-8-17-9-11(2)15(10)13(16)7-12-3-5-14-6-4-12/h10-12,14H,3-9H2,1-2H3/t10-,11+. The van der Waals surface area contributed by atoms with Gasteiger partial charge in [0.2, 0.25) is 5.91 Å². The molecule has 4 nitrogen and oxygen atoms in total. The summed E-state index contributed by atoms with van der Waals surface area (Å²) >= 11 is 0. The van der Waals surface area contributed by atoms with E-state index in [0.29, 0.717) is 25.0 Å². The second-order valence-electron chi connectivity index (χ2n) is 5.43. The number of ether oxygens (including phenoxy) is 1. The molecule has 2 atom stereocenters. The highest BCUT2D eigenvalue weighted by Gasteiger charge is 2.30. The van der Waals surface area contributed by atoms with Crippen LogP contribution in [0, 0.1) is 5.92 Å². The first-order valence-electron chi connectivity index (χ1n) is 6.78. The molecule has 0 saturated carbocycles. The van der Waals surface area contributed by atoms with Gasteiger partial charge >= 0.3 is 0 Å². The van der Waals surface area contributed by atoms with Crippen LogP contribution in [0.1, 0.15) is 33.1 Å². The van der Waals surface area contributed by atoms with Crippen molar-refractivity contribution < 1.29 is 9.53 Å². The molecule has 2 rings (SSSR count). The first-order valence-corrected chi connectivity index (χ1v) is 6.78. The lowest BCUT2D eigenvalue weighted by Crippen LogP contribution is -2.53. The lowest BCUT2D eigenvalue weighted by atomic mass is 9.93. The van der Waals surface area contributed by atoms with E-state index in [1.165, 1.54) is 0 Å². The zero-order valence-corrected chi connectivity index (χ0v) is 10.9. The molecule has 1 N–H and O–H groups in total. The molecule has 17 heavy (non-hydrogen) atoms. The average molecular weight is 240 g/mol. The van der Waals surface area contributed by atoms with E-state index in [-0.39, 0.29) is 12.1 Å². The Morgan fingerprint density at radius 1 is 1.24 bits per heavy atom. The van der Waals surface area contributed by atoms with Crippen molar-refractivity contribution in [2.45, 2.75) is 45.2 Å². The molecular weight excluding hydrogens is 216 g/mol. The molecule has 0 aromatic rings. The predicted molar refractivity (Wildman–Crippen MR) is 66.8 cm³/mol. The Morgan fingerprint density at radius 3 is 2.41 bits per heavy atom. The Balaban J connectivity index is 1.88. The number of rotatable bonds is 2. The van der Waals surface area contributed by atoms with Crippen LogP contribution < -0.4 is 5.32 Å². The first kappa shape index (κ1) is 12.8. The lowest BCUT2D eigenvalue weighted by molar-refractivity contribution is -0.145. The van der Waals surface area contributed by atoms with Gasteiger partial charge in [-0.3, -0.25) is 4.79 Å². The molecule has 0 radical (unpaired) electrons. The maximum absolute atomic E-state index is 12.3. The van der Waals surface area contributed by atoms with E-state index in [1.807, 2.05) is 4.90 Å². The van der Waals surface area contributed by atoms with Crippen molar-refractivity contribution in [1.82, 2.24) is 10.2 Å². The van der Waals surface area contributed by atoms with Crippen LogP contribution in [0.2, 0.25) is 0 Å². The van der Waals surface area contributed by atoms with Crippen molar-refractivity contribution in [2.24, 2.45) is 5.92 Å². The van der Waals surface area contributed by atoms with E-state index in [1.54, 1.807) is 0 Å². The molecule has 2 aliphatic heterocycles. The van der Waals surface area contributed by atoms with Gasteiger partial charge in [-0.15, -0.1) is 0 Å². The summed E-state index contributed by atoms with van der Waals surface area (Å²) in [6.07, 6.45) is 2.99. The Hall–Kier alpha value is -0.610. The summed E-state index contributed by atoms with van der Waals surface area (Å²) in [4.78, 5) is 14.4. The predicted octanol–water partition coefficient (Wildman–Crippen LogP) is 1.01. The van der Waals surface area contributed by atoms with Crippen LogP contribution in [0.5, 0.6) is 0 Å². The molecule has 0 aromatic carbocycles. The van der Waals surface area contributed by atoms with Gasteiger partial charge in [0.1, 0.15) is 0 Å². The second-order valence-corrected chi connectivity index (χ2v) is 5.43. The maximum atomic E-state index is 12.3. The largest absolute Gasteiger partial charge is 0.377 e. The summed E-state index contributed by atoms with van der Waals surface area (Å²) in [6.45, 7) is 7.65. The number of amides is 1. The van der Waals surface area contributed by atoms with Crippen molar-refractivity contribution in [2.75, 3.05) is 26.3 Å². The van der Waals surface area contributed by atoms with Gasteiger partial charge in [-0.1, -0.05) is 0 Å². The minimum absolute atomic E-state index is 0.230. The quantitative estimate of drug-likeness (QED) is 0.783. The number of hydrogen-bond donors (Lipinski definition) is 1. The number of morpholine rings is 1. The number of piperidine rings is 1. The van der Waals surface area contributed by atoms with E-state index in [9.17, 15) is 4.79 Å². The third-order valence-electron chi connectivity index (χ3n) is 3.88. The van der Waals surface area contributed by atoms with Crippen molar-refractivity contribution in [3.05, 3.63) is 0 Å². The van der Waals surface area contributed by atoms with Gasteiger partial charge in [-0.05, 0) is 45.7 Å². The van der Waals surface area contributed by atoms with E-state index in [0.717, 1.165) is 32.4 Å². The molecule has 2 heterocycles. The molecule has 2 saturated heterocycles. The van der Waals surface area contributed by atoms with Gasteiger partial charge in [-0.2, -0.15) is 0 Å².